The highest BCUT2D eigenvalue weighted by Gasteiger charge is 2.08. The first-order valence-electron chi connectivity index (χ1n) is 7.36. The van der Waals surface area contributed by atoms with Gasteiger partial charge in [-0.1, -0.05) is 18.2 Å². The van der Waals surface area contributed by atoms with Crippen LogP contribution in [0.1, 0.15) is 5.56 Å². The van der Waals surface area contributed by atoms with Crippen LogP contribution >= 0.6 is 0 Å². The van der Waals surface area contributed by atoms with Crippen LogP contribution < -0.4 is 14.8 Å². The summed E-state index contributed by atoms with van der Waals surface area (Å²) < 4.78 is 10.3. The molecule has 0 spiro atoms. The number of amides is 1. The molecule has 122 valence electrons. The third-order valence-corrected chi connectivity index (χ3v) is 3.38. The standard InChI is InChI=1S/C18H22N2O3/c1-20(12-14-7-9-16(22-2)10-8-14)13-18(21)19-15-5-4-6-17(11-15)23-3/h4-11H,12-13H2,1-3H3,(H,19,21). The number of carbonyl (C=O) groups excluding carboxylic acids is 1. The van der Waals surface area contributed by atoms with Crippen molar-refractivity contribution < 1.29 is 14.3 Å². The van der Waals surface area contributed by atoms with Gasteiger partial charge in [0.05, 0.1) is 20.8 Å². The van der Waals surface area contributed by atoms with E-state index in [4.69, 9.17) is 9.47 Å². The lowest BCUT2D eigenvalue weighted by Gasteiger charge is -2.16. The number of benzene rings is 2. The lowest BCUT2D eigenvalue weighted by Crippen LogP contribution is -2.29. The third kappa shape index (κ3) is 5.30. The molecule has 0 bridgehead atoms. The summed E-state index contributed by atoms with van der Waals surface area (Å²) in [5.74, 6) is 1.48. The minimum Gasteiger partial charge on any atom is -0.497 e. The Hall–Kier alpha value is -2.53. The molecular formula is C18H22N2O3. The fraction of sp³-hybridized carbons (Fsp3) is 0.278. The normalized spacial score (nSPS) is 10.4. The SMILES string of the molecule is COc1ccc(CN(C)CC(=O)Nc2cccc(OC)c2)cc1. The molecule has 5 nitrogen and oxygen atoms in total. The molecule has 0 saturated heterocycles. The van der Waals surface area contributed by atoms with E-state index in [1.807, 2.05) is 54.4 Å². The van der Waals surface area contributed by atoms with E-state index in [0.29, 0.717) is 13.1 Å². The molecular weight excluding hydrogens is 292 g/mol. The second-order valence-electron chi connectivity index (χ2n) is 5.30. The van der Waals surface area contributed by atoms with Gasteiger partial charge in [-0.15, -0.1) is 0 Å². The van der Waals surface area contributed by atoms with Crippen molar-refractivity contribution >= 4 is 11.6 Å². The third-order valence-electron chi connectivity index (χ3n) is 3.38. The van der Waals surface area contributed by atoms with Crippen LogP contribution in [-0.4, -0.2) is 38.6 Å². The van der Waals surface area contributed by atoms with Gasteiger partial charge < -0.3 is 14.8 Å². The maximum absolute atomic E-state index is 12.1. The van der Waals surface area contributed by atoms with Gasteiger partial charge >= 0.3 is 0 Å². The highest BCUT2D eigenvalue weighted by molar-refractivity contribution is 5.92. The average Bonchev–Trinajstić information content (AvgIpc) is 2.55. The van der Waals surface area contributed by atoms with Crippen LogP contribution in [-0.2, 0) is 11.3 Å². The van der Waals surface area contributed by atoms with Gasteiger partial charge in [0.25, 0.3) is 0 Å². The first kappa shape index (κ1) is 16.8. The van der Waals surface area contributed by atoms with Crippen LogP contribution in [0.3, 0.4) is 0 Å². The number of likely N-dealkylation sites (N-methyl/N-ethyl adjacent to an activating group) is 1. The molecule has 0 saturated carbocycles. The maximum atomic E-state index is 12.1. The minimum atomic E-state index is -0.0609. The number of hydrogen-bond acceptors (Lipinski definition) is 4. The molecule has 0 unspecified atom stereocenters. The summed E-state index contributed by atoms with van der Waals surface area (Å²) in [6.45, 7) is 0.999. The van der Waals surface area contributed by atoms with Crippen molar-refractivity contribution in [2.24, 2.45) is 0 Å². The van der Waals surface area contributed by atoms with Crippen LogP contribution in [0.5, 0.6) is 11.5 Å². The van der Waals surface area contributed by atoms with Gasteiger partial charge in [0, 0.05) is 18.3 Å². The van der Waals surface area contributed by atoms with Crippen molar-refractivity contribution in [3.63, 3.8) is 0 Å². The topological polar surface area (TPSA) is 50.8 Å². The molecule has 2 aromatic carbocycles. The highest BCUT2D eigenvalue weighted by Crippen LogP contribution is 2.17. The number of carbonyl (C=O) groups is 1. The van der Waals surface area contributed by atoms with Crippen molar-refractivity contribution in [2.75, 3.05) is 33.1 Å². The Bertz CT molecular complexity index is 641. The summed E-state index contributed by atoms with van der Waals surface area (Å²) in [6, 6.07) is 15.1. The number of anilines is 1. The molecule has 23 heavy (non-hydrogen) atoms. The van der Waals surface area contributed by atoms with Crippen molar-refractivity contribution in [1.29, 1.82) is 0 Å². The number of ether oxygens (including phenoxy) is 2. The number of rotatable bonds is 7. The van der Waals surface area contributed by atoms with Crippen LogP contribution in [0, 0.1) is 0 Å². The smallest absolute Gasteiger partial charge is 0.238 e. The first-order chi connectivity index (χ1) is 11.1. The number of nitrogens with one attached hydrogen (secondary N) is 1. The van der Waals surface area contributed by atoms with Crippen LogP contribution in [0.2, 0.25) is 0 Å². The molecule has 0 aliphatic carbocycles. The average molecular weight is 314 g/mol. The van der Waals surface area contributed by atoms with E-state index in [9.17, 15) is 4.79 Å². The summed E-state index contributed by atoms with van der Waals surface area (Å²) in [6.07, 6.45) is 0. The second-order valence-corrected chi connectivity index (χ2v) is 5.30. The molecule has 0 aliphatic heterocycles. The lowest BCUT2D eigenvalue weighted by atomic mass is 10.2. The first-order valence-corrected chi connectivity index (χ1v) is 7.36. The molecule has 0 aromatic heterocycles. The van der Waals surface area contributed by atoms with E-state index in [1.54, 1.807) is 20.3 Å². The molecule has 0 atom stereocenters. The van der Waals surface area contributed by atoms with E-state index < -0.39 is 0 Å². The second kappa shape index (κ2) is 8.19. The molecule has 0 heterocycles. The molecule has 5 heteroatoms. The zero-order chi connectivity index (χ0) is 16.7. The van der Waals surface area contributed by atoms with Crippen LogP contribution in [0.4, 0.5) is 5.69 Å². The molecule has 0 fully saturated rings. The zero-order valence-corrected chi connectivity index (χ0v) is 13.7. The summed E-state index contributed by atoms with van der Waals surface area (Å²) in [7, 11) is 5.16. The minimum absolute atomic E-state index is 0.0609. The van der Waals surface area contributed by atoms with E-state index in [-0.39, 0.29) is 5.91 Å². The Morgan fingerprint density at radius 2 is 1.74 bits per heavy atom. The van der Waals surface area contributed by atoms with Gasteiger partial charge in [0.1, 0.15) is 11.5 Å². The van der Waals surface area contributed by atoms with Gasteiger partial charge in [0.2, 0.25) is 5.91 Å². The van der Waals surface area contributed by atoms with Crippen molar-refractivity contribution in [1.82, 2.24) is 4.90 Å². The van der Waals surface area contributed by atoms with Gasteiger partial charge in [-0.25, -0.2) is 0 Å². The van der Waals surface area contributed by atoms with Crippen molar-refractivity contribution in [3.8, 4) is 11.5 Å². The number of methoxy groups -OCH3 is 2. The number of nitrogens with zero attached hydrogens (tertiary/aromatic N) is 1. The summed E-state index contributed by atoms with van der Waals surface area (Å²) in [5.41, 5.74) is 1.86. The molecule has 1 N–H and O–H groups in total. The van der Waals surface area contributed by atoms with Gasteiger partial charge in [-0.2, -0.15) is 0 Å². The molecule has 1 amide bonds. The molecule has 2 aromatic rings. The van der Waals surface area contributed by atoms with Gasteiger partial charge in [0.15, 0.2) is 0 Å². The molecule has 2 rings (SSSR count). The fourth-order valence-corrected chi connectivity index (χ4v) is 2.25. The van der Waals surface area contributed by atoms with Crippen molar-refractivity contribution in [2.45, 2.75) is 6.54 Å². The summed E-state index contributed by atoms with van der Waals surface area (Å²) in [5, 5.41) is 2.87. The van der Waals surface area contributed by atoms with Gasteiger partial charge in [-0.3, -0.25) is 9.69 Å². The predicted octanol–water partition coefficient (Wildman–Crippen LogP) is 2.77. The summed E-state index contributed by atoms with van der Waals surface area (Å²) >= 11 is 0. The highest BCUT2D eigenvalue weighted by atomic mass is 16.5. The Morgan fingerprint density at radius 1 is 1.04 bits per heavy atom. The Kier molecular flexibility index (Phi) is 6.00. The largest absolute Gasteiger partial charge is 0.497 e. The Balaban J connectivity index is 1.86. The molecule has 0 radical (unpaired) electrons. The van der Waals surface area contributed by atoms with E-state index in [0.717, 1.165) is 22.7 Å². The monoisotopic (exact) mass is 314 g/mol. The predicted molar refractivity (Wildman–Crippen MR) is 91.0 cm³/mol. The van der Waals surface area contributed by atoms with E-state index in [2.05, 4.69) is 5.32 Å². The van der Waals surface area contributed by atoms with Crippen molar-refractivity contribution in [3.05, 3.63) is 54.1 Å². The maximum Gasteiger partial charge on any atom is 0.238 e. The molecule has 0 aliphatic rings. The van der Waals surface area contributed by atoms with E-state index in [1.165, 1.54) is 0 Å². The number of hydrogen-bond donors (Lipinski definition) is 1. The Labute approximate surface area is 136 Å². The fourth-order valence-electron chi connectivity index (χ4n) is 2.25. The lowest BCUT2D eigenvalue weighted by molar-refractivity contribution is -0.117. The summed E-state index contributed by atoms with van der Waals surface area (Å²) in [4.78, 5) is 14.1. The van der Waals surface area contributed by atoms with Crippen LogP contribution in [0.15, 0.2) is 48.5 Å². The zero-order valence-electron chi connectivity index (χ0n) is 13.7. The van der Waals surface area contributed by atoms with Crippen LogP contribution in [0.25, 0.3) is 0 Å². The Morgan fingerprint density at radius 3 is 2.39 bits per heavy atom. The van der Waals surface area contributed by atoms with Gasteiger partial charge in [-0.05, 0) is 36.9 Å². The van der Waals surface area contributed by atoms with E-state index >= 15 is 0 Å². The quantitative estimate of drug-likeness (QED) is 0.854.